The quantitative estimate of drug-likeness (QED) is 0.641. The molecule has 0 spiro atoms. The number of hydrogen-bond acceptors (Lipinski definition) is 2. The Kier molecular flexibility index (Phi) is 5.11. The topological polar surface area (TPSA) is 21.3 Å². The third kappa shape index (κ3) is 4.84. The van der Waals surface area contributed by atoms with E-state index >= 15 is 0 Å². The van der Waals surface area contributed by atoms with E-state index in [2.05, 4.69) is 12.2 Å². The summed E-state index contributed by atoms with van der Waals surface area (Å²) in [5, 5.41) is 3.61. The molecule has 1 N–H and O–H groups in total. The van der Waals surface area contributed by atoms with Crippen molar-refractivity contribution in [2.24, 2.45) is 5.92 Å². The first-order chi connectivity index (χ1) is 7.84. The molecule has 1 aliphatic carbocycles. The van der Waals surface area contributed by atoms with Crippen LogP contribution in [-0.4, -0.2) is 25.3 Å². The van der Waals surface area contributed by atoms with Crippen LogP contribution in [0.3, 0.4) is 0 Å². The van der Waals surface area contributed by atoms with Crippen LogP contribution in [0.15, 0.2) is 0 Å². The molecule has 0 amide bonds. The van der Waals surface area contributed by atoms with Gasteiger partial charge in [0.1, 0.15) is 0 Å². The Morgan fingerprint density at radius 3 is 2.81 bits per heavy atom. The summed E-state index contributed by atoms with van der Waals surface area (Å²) in [6.45, 7) is 4.61. The Hall–Kier alpha value is -0.0800. The first-order valence-electron chi connectivity index (χ1n) is 7.19. The fourth-order valence-corrected chi connectivity index (χ4v) is 2.49. The van der Waals surface area contributed by atoms with Gasteiger partial charge in [0, 0.05) is 12.6 Å². The summed E-state index contributed by atoms with van der Waals surface area (Å²) in [7, 11) is 0. The molecule has 1 saturated heterocycles. The summed E-state index contributed by atoms with van der Waals surface area (Å²) in [6.07, 6.45) is 11.4. The van der Waals surface area contributed by atoms with E-state index < -0.39 is 0 Å². The molecule has 16 heavy (non-hydrogen) atoms. The summed E-state index contributed by atoms with van der Waals surface area (Å²) < 4.78 is 5.63. The van der Waals surface area contributed by atoms with Crippen LogP contribution in [0, 0.1) is 5.92 Å². The van der Waals surface area contributed by atoms with E-state index in [9.17, 15) is 0 Å². The van der Waals surface area contributed by atoms with Crippen LogP contribution in [0.2, 0.25) is 0 Å². The van der Waals surface area contributed by atoms with Gasteiger partial charge < -0.3 is 10.1 Å². The van der Waals surface area contributed by atoms with Gasteiger partial charge in [0.15, 0.2) is 0 Å². The van der Waals surface area contributed by atoms with Crippen LogP contribution in [0.25, 0.3) is 0 Å². The van der Waals surface area contributed by atoms with E-state index in [4.69, 9.17) is 4.74 Å². The summed E-state index contributed by atoms with van der Waals surface area (Å²) in [6, 6.07) is 0.870. The van der Waals surface area contributed by atoms with Crippen LogP contribution in [0.5, 0.6) is 0 Å². The molecule has 0 aromatic heterocycles. The van der Waals surface area contributed by atoms with Gasteiger partial charge >= 0.3 is 0 Å². The van der Waals surface area contributed by atoms with Crippen molar-refractivity contribution in [1.82, 2.24) is 5.32 Å². The van der Waals surface area contributed by atoms with Gasteiger partial charge in [-0.1, -0.05) is 19.8 Å². The third-order valence-electron chi connectivity index (χ3n) is 3.83. The fourth-order valence-electron chi connectivity index (χ4n) is 2.49. The number of nitrogens with one attached hydrogen (secondary N) is 1. The molecule has 2 heteroatoms. The summed E-state index contributed by atoms with van der Waals surface area (Å²) >= 11 is 0. The number of hydrogen-bond donors (Lipinski definition) is 1. The van der Waals surface area contributed by atoms with Gasteiger partial charge in [-0.05, 0) is 51.0 Å². The molecule has 2 unspecified atom stereocenters. The molecule has 0 aromatic carbocycles. The highest BCUT2D eigenvalue weighted by Crippen LogP contribution is 2.21. The molecule has 2 nitrogen and oxygen atoms in total. The van der Waals surface area contributed by atoms with E-state index in [0.29, 0.717) is 6.10 Å². The van der Waals surface area contributed by atoms with Crippen LogP contribution in [0.4, 0.5) is 0 Å². The predicted octanol–water partition coefficient (Wildman–Crippen LogP) is 3.11. The zero-order valence-electron chi connectivity index (χ0n) is 10.7. The molecule has 94 valence electrons. The molecule has 2 atom stereocenters. The van der Waals surface area contributed by atoms with Crippen molar-refractivity contribution in [3.63, 3.8) is 0 Å². The van der Waals surface area contributed by atoms with Gasteiger partial charge in [0.05, 0.1) is 6.10 Å². The summed E-state index contributed by atoms with van der Waals surface area (Å²) in [4.78, 5) is 0. The van der Waals surface area contributed by atoms with Gasteiger partial charge in [-0.15, -0.1) is 0 Å². The van der Waals surface area contributed by atoms with E-state index in [1.165, 1.54) is 57.9 Å². The van der Waals surface area contributed by atoms with Gasteiger partial charge in [0.2, 0.25) is 0 Å². The van der Waals surface area contributed by atoms with Crippen LogP contribution in [-0.2, 0) is 4.74 Å². The third-order valence-corrected chi connectivity index (χ3v) is 3.83. The molecule has 0 bridgehead atoms. The Morgan fingerprint density at radius 2 is 2.12 bits per heavy atom. The van der Waals surface area contributed by atoms with Gasteiger partial charge in [-0.3, -0.25) is 0 Å². The van der Waals surface area contributed by atoms with Crippen molar-refractivity contribution in [1.29, 1.82) is 0 Å². The molecular formula is C14H27NO. The maximum Gasteiger partial charge on any atom is 0.0576 e. The minimum Gasteiger partial charge on any atom is -0.378 e. The van der Waals surface area contributed by atoms with Gasteiger partial charge in [0.25, 0.3) is 0 Å². The molecule has 1 saturated carbocycles. The Balaban J connectivity index is 1.40. The highest BCUT2D eigenvalue weighted by molar-refractivity contribution is 4.81. The maximum atomic E-state index is 5.63. The lowest BCUT2D eigenvalue weighted by Crippen LogP contribution is -2.23. The van der Waals surface area contributed by atoms with Crippen molar-refractivity contribution >= 4 is 0 Å². The molecule has 0 radical (unpaired) electrons. The molecule has 1 aliphatic heterocycles. The lowest BCUT2D eigenvalue weighted by atomic mass is 10.0. The molecule has 2 aliphatic rings. The highest BCUT2D eigenvalue weighted by atomic mass is 16.5. The van der Waals surface area contributed by atoms with Crippen molar-refractivity contribution in [2.75, 3.05) is 13.2 Å². The number of ether oxygens (including phenoxy) is 1. The van der Waals surface area contributed by atoms with Gasteiger partial charge in [-0.2, -0.15) is 0 Å². The molecule has 2 fully saturated rings. The lowest BCUT2D eigenvalue weighted by molar-refractivity contribution is 0.101. The SMILES string of the molecule is CC(CCCCC1CCCO1)CNC1CC1. The van der Waals surface area contributed by atoms with Crippen molar-refractivity contribution in [3.8, 4) is 0 Å². The largest absolute Gasteiger partial charge is 0.378 e. The van der Waals surface area contributed by atoms with Crippen LogP contribution < -0.4 is 5.32 Å². The minimum absolute atomic E-state index is 0.597. The van der Waals surface area contributed by atoms with Crippen molar-refractivity contribution in [2.45, 2.75) is 70.4 Å². The minimum atomic E-state index is 0.597. The van der Waals surface area contributed by atoms with Crippen LogP contribution >= 0.6 is 0 Å². The first kappa shape index (κ1) is 12.4. The standard InChI is InChI=1S/C14H27NO/c1-12(11-15-13-8-9-13)5-2-3-6-14-7-4-10-16-14/h12-15H,2-11H2,1H3. The smallest absolute Gasteiger partial charge is 0.0576 e. The second-order valence-electron chi connectivity index (χ2n) is 5.71. The van der Waals surface area contributed by atoms with Crippen molar-refractivity contribution < 1.29 is 4.74 Å². The molecule has 0 aromatic rings. The second kappa shape index (κ2) is 6.61. The lowest BCUT2D eigenvalue weighted by Gasteiger charge is -2.13. The Morgan fingerprint density at radius 1 is 1.25 bits per heavy atom. The average Bonchev–Trinajstić information content (AvgIpc) is 2.97. The summed E-state index contributed by atoms with van der Waals surface area (Å²) in [5.41, 5.74) is 0. The molecular weight excluding hydrogens is 198 g/mol. The predicted molar refractivity (Wildman–Crippen MR) is 67.6 cm³/mol. The van der Waals surface area contributed by atoms with E-state index in [1.54, 1.807) is 0 Å². The van der Waals surface area contributed by atoms with E-state index in [0.717, 1.165) is 18.6 Å². The zero-order chi connectivity index (χ0) is 11.2. The van der Waals surface area contributed by atoms with Gasteiger partial charge in [-0.25, -0.2) is 0 Å². The number of unbranched alkanes of at least 4 members (excludes halogenated alkanes) is 1. The Labute approximate surface area is 100 Å². The molecule has 1 heterocycles. The van der Waals surface area contributed by atoms with E-state index in [-0.39, 0.29) is 0 Å². The second-order valence-corrected chi connectivity index (χ2v) is 5.71. The fraction of sp³-hybridized carbons (Fsp3) is 1.00. The van der Waals surface area contributed by atoms with E-state index in [1.807, 2.05) is 0 Å². The number of rotatable bonds is 8. The first-order valence-corrected chi connectivity index (χ1v) is 7.19. The maximum absolute atomic E-state index is 5.63. The average molecular weight is 225 g/mol. The van der Waals surface area contributed by atoms with Crippen LogP contribution in [0.1, 0.15) is 58.3 Å². The monoisotopic (exact) mass is 225 g/mol. The molecule has 2 rings (SSSR count). The summed E-state index contributed by atoms with van der Waals surface area (Å²) in [5.74, 6) is 0.852. The van der Waals surface area contributed by atoms with Crippen molar-refractivity contribution in [3.05, 3.63) is 0 Å². The highest BCUT2D eigenvalue weighted by Gasteiger charge is 2.20. The zero-order valence-corrected chi connectivity index (χ0v) is 10.7. The normalized spacial score (nSPS) is 27.2. The Bertz CT molecular complexity index is 185.